The third kappa shape index (κ3) is 10.6. The summed E-state index contributed by atoms with van der Waals surface area (Å²) in [5.74, 6) is 0.322. The first kappa shape index (κ1) is 28.4. The molecule has 0 aliphatic heterocycles. The van der Waals surface area contributed by atoms with Gasteiger partial charge in [0.25, 0.3) is 0 Å². The summed E-state index contributed by atoms with van der Waals surface area (Å²) in [5, 5.41) is 7.94. The van der Waals surface area contributed by atoms with E-state index in [4.69, 9.17) is 0 Å². The Morgan fingerprint density at radius 3 is 1.31 bits per heavy atom. The average Bonchev–Trinajstić information content (AvgIpc) is 2.83. The highest BCUT2D eigenvalue weighted by atomic mass is 16.2. The number of hydrazone groups is 2. The summed E-state index contributed by atoms with van der Waals surface area (Å²) >= 11 is 0. The molecule has 2 N–H and O–H groups in total. The van der Waals surface area contributed by atoms with Crippen LogP contribution in [0.1, 0.15) is 88.5 Å². The Bertz CT molecular complexity index is 1030. The molecule has 6 nitrogen and oxygen atoms in total. The lowest BCUT2D eigenvalue weighted by molar-refractivity contribution is -0.126. The Morgan fingerprint density at radius 2 is 1.00 bits per heavy atom. The molecule has 0 unspecified atom stereocenters. The summed E-state index contributed by atoms with van der Waals surface area (Å²) in [6.07, 6.45) is 7.20. The van der Waals surface area contributed by atoms with E-state index >= 15 is 0 Å². The molecular weight excluding hydrogens is 448 g/mol. The van der Waals surface area contributed by atoms with Gasteiger partial charge in [0.1, 0.15) is 0 Å². The van der Waals surface area contributed by atoms with Crippen molar-refractivity contribution < 1.29 is 9.59 Å². The molecule has 0 saturated carbocycles. The van der Waals surface area contributed by atoms with Crippen LogP contribution in [0.25, 0.3) is 12.2 Å². The van der Waals surface area contributed by atoms with Gasteiger partial charge in [-0.1, -0.05) is 88.4 Å². The van der Waals surface area contributed by atoms with Gasteiger partial charge in [0.05, 0.1) is 12.4 Å². The fourth-order valence-electron chi connectivity index (χ4n) is 3.31. The topological polar surface area (TPSA) is 82.9 Å². The van der Waals surface area contributed by atoms with Crippen LogP contribution in [-0.2, 0) is 9.59 Å². The van der Waals surface area contributed by atoms with Gasteiger partial charge in [-0.05, 0) is 59.1 Å². The van der Waals surface area contributed by atoms with Crippen LogP contribution in [0.15, 0.2) is 69.9 Å². The fraction of sp³-hybridized carbons (Fsp3) is 0.333. The van der Waals surface area contributed by atoms with Crippen molar-refractivity contribution in [3.05, 3.63) is 81.9 Å². The molecule has 0 heterocycles. The highest BCUT2D eigenvalue weighted by Crippen LogP contribution is 2.17. The van der Waals surface area contributed by atoms with E-state index in [1.807, 2.05) is 26.0 Å². The third-order valence-corrected chi connectivity index (χ3v) is 5.49. The maximum atomic E-state index is 12.0. The molecule has 0 radical (unpaired) electrons. The zero-order chi connectivity index (χ0) is 26.5. The Hall–Kier alpha value is -3.80. The largest absolute Gasteiger partial charge is 0.273 e. The Morgan fingerprint density at radius 1 is 0.667 bits per heavy atom. The molecule has 0 bridgehead atoms. The van der Waals surface area contributed by atoms with Crippen LogP contribution in [0.4, 0.5) is 0 Å². The van der Waals surface area contributed by atoms with Crippen LogP contribution in [0.2, 0.25) is 0 Å². The zero-order valence-corrected chi connectivity index (χ0v) is 22.2. The minimum Gasteiger partial charge on any atom is -0.273 e. The molecule has 2 rings (SSSR count). The number of carbonyl (C=O) groups is 2. The quantitative estimate of drug-likeness (QED) is 0.284. The molecule has 0 saturated heterocycles. The molecule has 2 aromatic carbocycles. The van der Waals surface area contributed by atoms with E-state index in [1.54, 1.807) is 12.4 Å². The maximum absolute atomic E-state index is 12.0. The molecule has 190 valence electrons. The van der Waals surface area contributed by atoms with E-state index < -0.39 is 0 Å². The van der Waals surface area contributed by atoms with Gasteiger partial charge in [0, 0.05) is 12.8 Å². The molecular formula is C30H38N4O2. The molecule has 0 aromatic heterocycles. The van der Waals surface area contributed by atoms with Crippen molar-refractivity contribution in [2.45, 2.75) is 66.2 Å². The number of hydrogen-bond donors (Lipinski definition) is 2. The van der Waals surface area contributed by atoms with Gasteiger partial charge in [-0.15, -0.1) is 0 Å². The summed E-state index contributed by atoms with van der Waals surface area (Å²) in [7, 11) is 0. The molecule has 0 fully saturated rings. The second-order valence-electron chi connectivity index (χ2n) is 9.51. The van der Waals surface area contributed by atoms with Gasteiger partial charge >= 0.3 is 0 Å². The summed E-state index contributed by atoms with van der Waals surface area (Å²) < 4.78 is 0. The third-order valence-electron chi connectivity index (χ3n) is 5.49. The number of benzene rings is 2. The molecule has 2 amide bonds. The van der Waals surface area contributed by atoms with Crippen molar-refractivity contribution in [1.82, 2.24) is 10.9 Å². The van der Waals surface area contributed by atoms with E-state index in [-0.39, 0.29) is 24.7 Å². The average molecular weight is 487 g/mol. The zero-order valence-electron chi connectivity index (χ0n) is 22.2. The van der Waals surface area contributed by atoms with Crippen LogP contribution in [0.3, 0.4) is 0 Å². The predicted octanol–water partition coefficient (Wildman–Crippen LogP) is 6.42. The van der Waals surface area contributed by atoms with Gasteiger partial charge in [-0.2, -0.15) is 10.2 Å². The number of rotatable bonds is 11. The van der Waals surface area contributed by atoms with Crippen molar-refractivity contribution >= 4 is 36.4 Å². The molecule has 0 aliphatic rings. The van der Waals surface area contributed by atoms with E-state index in [1.165, 1.54) is 11.1 Å². The van der Waals surface area contributed by atoms with Crippen molar-refractivity contribution in [1.29, 1.82) is 0 Å². The summed E-state index contributed by atoms with van der Waals surface area (Å²) in [6.45, 7) is 12.5. The number of amides is 2. The van der Waals surface area contributed by atoms with Crippen LogP contribution in [0, 0.1) is 0 Å². The van der Waals surface area contributed by atoms with Gasteiger partial charge in [-0.25, -0.2) is 10.9 Å². The lowest BCUT2D eigenvalue weighted by atomic mass is 10.0. The van der Waals surface area contributed by atoms with E-state index in [0.29, 0.717) is 11.8 Å². The standard InChI is InChI=1S/C30H38N4O2/c1-21(2)27-11-7-25(8-12-27)17-23(5)19-31-33-29(35)15-16-30(36)34-32-20-24(6)18-26-9-13-28(14-10-26)22(3)4/h7-14,17-22H,15-16H2,1-6H3,(H,33,35)(H,34,36)/b23-17-,24-18-,31-19+,32-20+. The monoisotopic (exact) mass is 486 g/mol. The fourth-order valence-corrected chi connectivity index (χ4v) is 3.31. The highest BCUT2D eigenvalue weighted by Gasteiger charge is 2.05. The molecule has 6 heteroatoms. The first-order valence-electron chi connectivity index (χ1n) is 12.3. The minimum atomic E-state index is -0.333. The van der Waals surface area contributed by atoms with Crippen molar-refractivity contribution in [3.8, 4) is 0 Å². The number of allylic oxidation sites excluding steroid dienone is 2. The van der Waals surface area contributed by atoms with Gasteiger partial charge < -0.3 is 0 Å². The summed E-state index contributed by atoms with van der Waals surface area (Å²) in [4.78, 5) is 23.9. The van der Waals surface area contributed by atoms with Crippen LogP contribution >= 0.6 is 0 Å². The SMILES string of the molecule is CC(=C/c1ccc(C(C)C)cc1)/C=N/NC(=O)CCC(=O)N/N=C/C(C)=C\c1ccc(C(C)C)cc1. The molecule has 0 spiro atoms. The van der Waals surface area contributed by atoms with E-state index in [0.717, 1.165) is 22.3 Å². The van der Waals surface area contributed by atoms with Gasteiger partial charge in [0.15, 0.2) is 0 Å². The normalized spacial score (nSPS) is 12.7. The molecule has 36 heavy (non-hydrogen) atoms. The lowest BCUT2D eigenvalue weighted by Gasteiger charge is -2.05. The number of nitrogens with one attached hydrogen (secondary N) is 2. The molecule has 0 aliphatic carbocycles. The Kier molecular flexibility index (Phi) is 11.5. The van der Waals surface area contributed by atoms with E-state index in [9.17, 15) is 9.59 Å². The van der Waals surface area contributed by atoms with Gasteiger partial charge in [0.2, 0.25) is 11.8 Å². The van der Waals surface area contributed by atoms with Gasteiger partial charge in [-0.3, -0.25) is 9.59 Å². The van der Waals surface area contributed by atoms with Crippen molar-refractivity contribution in [2.75, 3.05) is 0 Å². The smallest absolute Gasteiger partial charge is 0.240 e. The summed E-state index contributed by atoms with van der Waals surface area (Å²) in [5.41, 5.74) is 11.4. The lowest BCUT2D eigenvalue weighted by Crippen LogP contribution is -2.22. The molecule has 2 aromatic rings. The van der Waals surface area contributed by atoms with Crippen molar-refractivity contribution in [2.24, 2.45) is 10.2 Å². The predicted molar refractivity (Wildman–Crippen MR) is 151 cm³/mol. The second kappa shape index (κ2) is 14.6. The van der Waals surface area contributed by atoms with Crippen molar-refractivity contribution in [3.63, 3.8) is 0 Å². The van der Waals surface area contributed by atoms with Crippen LogP contribution in [-0.4, -0.2) is 24.2 Å². The first-order chi connectivity index (χ1) is 17.1. The number of nitrogens with zero attached hydrogens (tertiary/aromatic N) is 2. The maximum Gasteiger partial charge on any atom is 0.240 e. The number of hydrogen-bond acceptors (Lipinski definition) is 4. The summed E-state index contributed by atoms with van der Waals surface area (Å²) in [6, 6.07) is 16.7. The molecule has 0 atom stereocenters. The number of carbonyl (C=O) groups excluding carboxylic acids is 2. The second-order valence-corrected chi connectivity index (χ2v) is 9.51. The Labute approximate surface area is 215 Å². The first-order valence-corrected chi connectivity index (χ1v) is 12.3. The van der Waals surface area contributed by atoms with Crippen LogP contribution in [0.5, 0.6) is 0 Å². The highest BCUT2D eigenvalue weighted by molar-refractivity contribution is 5.88. The Balaban J connectivity index is 1.72. The van der Waals surface area contributed by atoms with E-state index in [2.05, 4.69) is 97.3 Å². The minimum absolute atomic E-state index is 0.0230. The van der Waals surface area contributed by atoms with Crippen LogP contribution < -0.4 is 10.9 Å².